The summed E-state index contributed by atoms with van der Waals surface area (Å²) in [6, 6.07) is 15.5. The number of amides is 3. The maximum Gasteiger partial charge on any atom is 0.411 e. The molecule has 192 valence electrons. The van der Waals surface area contributed by atoms with E-state index in [1.807, 2.05) is 12.4 Å². The molecule has 10 heteroatoms. The highest BCUT2D eigenvalue weighted by molar-refractivity contribution is 7.12. The van der Waals surface area contributed by atoms with Crippen LogP contribution in [0.4, 0.5) is 14.9 Å². The monoisotopic (exact) mass is 522 g/mol. The van der Waals surface area contributed by atoms with Crippen LogP contribution in [0, 0.1) is 5.82 Å². The van der Waals surface area contributed by atoms with Gasteiger partial charge in [0.05, 0.1) is 11.4 Å². The fraction of sp³-hybridized carbons (Fsp3) is 0.296. The van der Waals surface area contributed by atoms with Crippen molar-refractivity contribution in [3.05, 3.63) is 87.9 Å². The van der Waals surface area contributed by atoms with Crippen LogP contribution in [0.3, 0.4) is 0 Å². The lowest BCUT2D eigenvalue weighted by Crippen LogP contribution is -2.54. The molecule has 2 aliphatic rings. The van der Waals surface area contributed by atoms with Gasteiger partial charge in [-0.15, -0.1) is 11.3 Å². The molecule has 37 heavy (non-hydrogen) atoms. The van der Waals surface area contributed by atoms with Crippen molar-refractivity contribution in [1.29, 1.82) is 0 Å². The molecule has 2 fully saturated rings. The molecule has 0 radical (unpaired) electrons. The molecular weight excluding hydrogens is 495 g/mol. The number of hydrogen-bond donors (Lipinski definition) is 1. The van der Waals surface area contributed by atoms with Gasteiger partial charge in [0.25, 0.3) is 5.91 Å². The summed E-state index contributed by atoms with van der Waals surface area (Å²) in [5.41, 5.74) is 1.83. The Balaban J connectivity index is 1.43. The maximum absolute atomic E-state index is 13.8. The van der Waals surface area contributed by atoms with Crippen LogP contribution in [0.5, 0.6) is 0 Å². The Morgan fingerprint density at radius 1 is 1.05 bits per heavy atom. The number of carbonyl (C=O) groups excluding carboxylic acids is 3. The van der Waals surface area contributed by atoms with Crippen molar-refractivity contribution in [3.63, 3.8) is 0 Å². The van der Waals surface area contributed by atoms with Crippen LogP contribution in [0.15, 0.2) is 66.0 Å². The Hall–Kier alpha value is -3.76. The van der Waals surface area contributed by atoms with Gasteiger partial charge in [-0.3, -0.25) is 14.5 Å². The van der Waals surface area contributed by atoms with Crippen LogP contribution < -0.4 is 5.32 Å². The van der Waals surface area contributed by atoms with Crippen LogP contribution in [0.25, 0.3) is 0 Å². The van der Waals surface area contributed by atoms with Crippen LogP contribution in [0.1, 0.15) is 26.9 Å². The number of nitrogens with zero attached hydrogens (tertiary/aromatic N) is 3. The first-order valence-electron chi connectivity index (χ1n) is 12.0. The van der Waals surface area contributed by atoms with Gasteiger partial charge in [-0.25, -0.2) is 9.18 Å². The van der Waals surface area contributed by atoms with Crippen LogP contribution >= 0.6 is 11.3 Å². The van der Waals surface area contributed by atoms with Gasteiger partial charge in [-0.2, -0.15) is 0 Å². The maximum atomic E-state index is 13.8. The third kappa shape index (κ3) is 5.50. The van der Waals surface area contributed by atoms with E-state index < -0.39 is 18.2 Å². The Kier molecular flexibility index (Phi) is 7.20. The number of carbonyl (C=O) groups is 3. The quantitative estimate of drug-likeness (QED) is 0.530. The van der Waals surface area contributed by atoms with Gasteiger partial charge in [-0.1, -0.05) is 30.3 Å². The summed E-state index contributed by atoms with van der Waals surface area (Å²) in [5.74, 6) is -0.810. The normalized spacial score (nSPS) is 20.1. The summed E-state index contributed by atoms with van der Waals surface area (Å²) in [4.78, 5) is 45.4. The number of halogens is 1. The first-order chi connectivity index (χ1) is 17.9. The minimum Gasteiger partial charge on any atom is -0.438 e. The lowest BCUT2D eigenvalue weighted by atomic mass is 9.99. The first-order valence-corrected chi connectivity index (χ1v) is 12.9. The van der Waals surface area contributed by atoms with E-state index in [2.05, 4.69) is 10.2 Å². The number of nitrogens with one attached hydrogen (secondary N) is 1. The number of piperazine rings is 1. The van der Waals surface area contributed by atoms with Gasteiger partial charge >= 0.3 is 6.09 Å². The second-order valence-electron chi connectivity index (χ2n) is 9.19. The molecule has 2 unspecified atom stereocenters. The average molecular weight is 523 g/mol. The minimum absolute atomic E-state index is 0.106. The second kappa shape index (κ2) is 10.7. The molecule has 0 spiro atoms. The molecule has 2 aliphatic heterocycles. The number of likely N-dealkylation sites (N-methyl/N-ethyl adjacent to an activating group) is 1. The highest BCUT2D eigenvalue weighted by Gasteiger charge is 2.48. The molecular formula is C27H27FN4O4S. The van der Waals surface area contributed by atoms with E-state index >= 15 is 0 Å². The molecule has 2 atom stereocenters. The van der Waals surface area contributed by atoms with E-state index in [1.54, 1.807) is 53.4 Å². The molecule has 1 N–H and O–H groups in total. The third-order valence-electron chi connectivity index (χ3n) is 6.64. The second-order valence-corrected chi connectivity index (χ2v) is 10.1. The van der Waals surface area contributed by atoms with Crippen molar-refractivity contribution in [1.82, 2.24) is 14.7 Å². The predicted octanol–water partition coefficient (Wildman–Crippen LogP) is 3.98. The van der Waals surface area contributed by atoms with Crippen LogP contribution in [-0.4, -0.2) is 71.9 Å². The van der Waals surface area contributed by atoms with Crippen LogP contribution in [0.2, 0.25) is 0 Å². The zero-order chi connectivity index (χ0) is 25.9. The number of benzene rings is 2. The summed E-state index contributed by atoms with van der Waals surface area (Å²) < 4.78 is 19.2. The fourth-order valence-corrected chi connectivity index (χ4v) is 5.21. The molecule has 0 bridgehead atoms. The number of thiophene rings is 1. The topological polar surface area (TPSA) is 82.2 Å². The molecule has 3 aromatic rings. The summed E-state index contributed by atoms with van der Waals surface area (Å²) in [6.07, 6.45) is -1.48. The summed E-state index contributed by atoms with van der Waals surface area (Å²) in [5, 5.41) is 4.70. The average Bonchev–Trinajstić information content (AvgIpc) is 3.55. The number of rotatable bonds is 6. The lowest BCUT2D eigenvalue weighted by Gasteiger charge is -2.36. The van der Waals surface area contributed by atoms with Crippen LogP contribution in [-0.2, 0) is 16.1 Å². The number of hydrogen-bond acceptors (Lipinski definition) is 6. The molecule has 3 amide bonds. The molecule has 2 aromatic carbocycles. The van der Waals surface area contributed by atoms with Crippen molar-refractivity contribution in [2.45, 2.75) is 18.7 Å². The Morgan fingerprint density at radius 2 is 1.81 bits per heavy atom. The van der Waals surface area contributed by atoms with Gasteiger partial charge in [0.1, 0.15) is 5.82 Å². The predicted molar refractivity (Wildman–Crippen MR) is 138 cm³/mol. The summed E-state index contributed by atoms with van der Waals surface area (Å²) in [6.45, 7) is 2.68. The number of anilines is 1. The largest absolute Gasteiger partial charge is 0.438 e. The van der Waals surface area contributed by atoms with Crippen molar-refractivity contribution in [3.8, 4) is 0 Å². The van der Waals surface area contributed by atoms with Gasteiger partial charge in [0.15, 0.2) is 12.1 Å². The van der Waals surface area contributed by atoms with E-state index in [4.69, 9.17) is 4.74 Å². The number of cyclic esters (lactones) is 1. The molecule has 2 saturated heterocycles. The zero-order valence-electron chi connectivity index (χ0n) is 20.3. The lowest BCUT2D eigenvalue weighted by molar-refractivity contribution is -0.138. The fourth-order valence-electron chi connectivity index (χ4n) is 4.59. The standard InChI is InChI=1S/C27H27FN4O4S/c1-30-11-13-31(14-12-30)26(34)23-24(36-27(35)32(23)17-18-7-9-20(28)10-8-18)19-4-2-5-21(16-19)29-25(33)22-6-3-15-37-22/h2-10,15-16,23-24H,11-14,17H2,1H3,(H,29,33). The minimum atomic E-state index is -0.899. The highest BCUT2D eigenvalue weighted by atomic mass is 32.1. The van der Waals surface area contributed by atoms with E-state index in [0.717, 1.165) is 13.1 Å². The Bertz CT molecular complexity index is 1280. The smallest absolute Gasteiger partial charge is 0.411 e. The van der Waals surface area contributed by atoms with Crippen molar-refractivity contribution >= 4 is 34.9 Å². The van der Waals surface area contributed by atoms with E-state index in [0.29, 0.717) is 34.8 Å². The highest BCUT2D eigenvalue weighted by Crippen LogP contribution is 2.36. The molecule has 1 aromatic heterocycles. The Morgan fingerprint density at radius 3 is 2.51 bits per heavy atom. The van der Waals surface area contributed by atoms with Crippen molar-refractivity contribution < 1.29 is 23.5 Å². The molecule has 3 heterocycles. The summed E-state index contributed by atoms with van der Waals surface area (Å²) in [7, 11) is 2.00. The molecule has 5 rings (SSSR count). The van der Waals surface area contributed by atoms with Gasteiger partial charge < -0.3 is 19.9 Å². The zero-order valence-corrected chi connectivity index (χ0v) is 21.1. The third-order valence-corrected chi connectivity index (χ3v) is 7.51. The van der Waals surface area contributed by atoms with E-state index in [9.17, 15) is 18.8 Å². The van der Waals surface area contributed by atoms with Crippen molar-refractivity contribution in [2.24, 2.45) is 0 Å². The van der Waals surface area contributed by atoms with Gasteiger partial charge in [0.2, 0.25) is 5.91 Å². The molecule has 8 nitrogen and oxygen atoms in total. The van der Waals surface area contributed by atoms with Crippen molar-refractivity contribution in [2.75, 3.05) is 38.5 Å². The first kappa shape index (κ1) is 24.9. The molecule has 0 saturated carbocycles. The van der Waals surface area contributed by atoms with Gasteiger partial charge in [0, 0.05) is 31.9 Å². The Labute approximate surface area is 218 Å². The van der Waals surface area contributed by atoms with E-state index in [-0.39, 0.29) is 24.2 Å². The summed E-state index contributed by atoms with van der Waals surface area (Å²) >= 11 is 1.34. The van der Waals surface area contributed by atoms with Gasteiger partial charge in [-0.05, 0) is 53.9 Å². The van der Waals surface area contributed by atoms with E-state index in [1.165, 1.54) is 28.4 Å². The molecule has 0 aliphatic carbocycles. The SMILES string of the molecule is CN1CCN(C(=O)C2C(c3cccc(NC(=O)c4cccs4)c3)OC(=O)N2Cc2ccc(F)cc2)CC1. The number of ether oxygens (including phenoxy) is 1.